The molecule has 0 aliphatic heterocycles. The van der Waals surface area contributed by atoms with E-state index in [1.165, 1.54) is 13.2 Å². The van der Waals surface area contributed by atoms with E-state index in [1.807, 2.05) is 6.92 Å². The van der Waals surface area contributed by atoms with Gasteiger partial charge in [0.2, 0.25) is 11.8 Å². The van der Waals surface area contributed by atoms with Crippen molar-refractivity contribution in [2.75, 3.05) is 12.8 Å². The first-order valence-corrected chi connectivity index (χ1v) is 5.34. The Labute approximate surface area is 104 Å². The summed E-state index contributed by atoms with van der Waals surface area (Å²) in [5.74, 6) is 0.152. The van der Waals surface area contributed by atoms with E-state index >= 15 is 0 Å². The van der Waals surface area contributed by atoms with Crippen molar-refractivity contribution in [1.82, 2.24) is 4.98 Å². The molecule has 0 saturated heterocycles. The van der Waals surface area contributed by atoms with Crippen molar-refractivity contribution in [1.29, 1.82) is 0 Å². The van der Waals surface area contributed by atoms with Crippen LogP contribution in [0.5, 0.6) is 17.5 Å². The summed E-state index contributed by atoms with van der Waals surface area (Å²) in [5.41, 5.74) is 6.93. The van der Waals surface area contributed by atoms with Crippen LogP contribution in [-0.2, 0) is 0 Å². The van der Waals surface area contributed by atoms with Crippen LogP contribution >= 0.6 is 0 Å². The standard InChI is InChI=1S/C13H13FN2O2/c1-8-3-4-9(14)11(7-8)18-12-6-5-10(15)13(16-12)17-2/h3-7H,15H2,1-2H3. The van der Waals surface area contributed by atoms with Gasteiger partial charge in [0.25, 0.3) is 0 Å². The van der Waals surface area contributed by atoms with Crippen LogP contribution in [0, 0.1) is 12.7 Å². The molecule has 2 N–H and O–H groups in total. The van der Waals surface area contributed by atoms with Gasteiger partial charge in [-0.2, -0.15) is 4.98 Å². The van der Waals surface area contributed by atoms with Crippen molar-refractivity contribution in [3.8, 4) is 17.5 Å². The summed E-state index contributed by atoms with van der Waals surface area (Å²) in [6, 6.07) is 7.76. The fourth-order valence-electron chi connectivity index (χ4n) is 1.46. The number of halogens is 1. The predicted molar refractivity (Wildman–Crippen MR) is 66.4 cm³/mol. The van der Waals surface area contributed by atoms with E-state index in [2.05, 4.69) is 4.98 Å². The Balaban J connectivity index is 2.31. The van der Waals surface area contributed by atoms with Gasteiger partial charge in [-0.15, -0.1) is 0 Å². The fourth-order valence-corrected chi connectivity index (χ4v) is 1.46. The molecule has 0 spiro atoms. The number of rotatable bonds is 3. The number of pyridine rings is 1. The average Bonchev–Trinajstić information content (AvgIpc) is 2.36. The summed E-state index contributed by atoms with van der Waals surface area (Å²) < 4.78 is 23.8. The highest BCUT2D eigenvalue weighted by atomic mass is 19.1. The molecule has 1 heterocycles. The second-order valence-corrected chi connectivity index (χ2v) is 3.78. The van der Waals surface area contributed by atoms with Crippen LogP contribution in [0.3, 0.4) is 0 Å². The molecule has 0 unspecified atom stereocenters. The third kappa shape index (κ3) is 2.51. The molecule has 0 bridgehead atoms. The van der Waals surface area contributed by atoms with Crippen LogP contribution in [0.15, 0.2) is 30.3 Å². The number of anilines is 1. The molecule has 0 radical (unpaired) electrons. The van der Waals surface area contributed by atoms with E-state index in [0.29, 0.717) is 5.69 Å². The van der Waals surface area contributed by atoms with Gasteiger partial charge in [-0.3, -0.25) is 0 Å². The van der Waals surface area contributed by atoms with E-state index in [-0.39, 0.29) is 17.5 Å². The third-order valence-electron chi connectivity index (χ3n) is 2.36. The van der Waals surface area contributed by atoms with Gasteiger partial charge < -0.3 is 15.2 Å². The van der Waals surface area contributed by atoms with Gasteiger partial charge in [-0.25, -0.2) is 4.39 Å². The molecular formula is C13H13FN2O2. The summed E-state index contributed by atoms with van der Waals surface area (Å²) in [6.45, 7) is 1.85. The largest absolute Gasteiger partial charge is 0.479 e. The SMILES string of the molecule is COc1nc(Oc2cc(C)ccc2F)ccc1N. The minimum Gasteiger partial charge on any atom is -0.479 e. The number of aryl methyl sites for hydroxylation is 1. The second-order valence-electron chi connectivity index (χ2n) is 3.78. The van der Waals surface area contributed by atoms with Crippen LogP contribution < -0.4 is 15.2 Å². The number of methoxy groups -OCH3 is 1. The second kappa shape index (κ2) is 4.91. The molecule has 5 heteroatoms. The molecule has 1 aromatic carbocycles. The van der Waals surface area contributed by atoms with E-state index in [9.17, 15) is 4.39 Å². The van der Waals surface area contributed by atoms with Gasteiger partial charge in [0, 0.05) is 6.07 Å². The highest BCUT2D eigenvalue weighted by Gasteiger charge is 2.08. The molecule has 0 aliphatic rings. The van der Waals surface area contributed by atoms with Crippen LogP contribution in [-0.4, -0.2) is 12.1 Å². The number of aromatic nitrogens is 1. The number of hydrogen-bond acceptors (Lipinski definition) is 4. The lowest BCUT2D eigenvalue weighted by Gasteiger charge is -2.09. The molecule has 2 rings (SSSR count). The molecule has 0 fully saturated rings. The Bertz CT molecular complexity index is 573. The van der Waals surface area contributed by atoms with E-state index in [1.54, 1.807) is 24.3 Å². The summed E-state index contributed by atoms with van der Waals surface area (Å²) >= 11 is 0. The molecular weight excluding hydrogens is 235 g/mol. The van der Waals surface area contributed by atoms with E-state index in [0.717, 1.165) is 5.56 Å². The lowest BCUT2D eigenvalue weighted by Crippen LogP contribution is -1.97. The molecule has 0 saturated carbocycles. The maximum atomic E-state index is 13.5. The zero-order valence-electron chi connectivity index (χ0n) is 10.1. The smallest absolute Gasteiger partial charge is 0.240 e. The summed E-state index contributed by atoms with van der Waals surface area (Å²) in [6.07, 6.45) is 0. The van der Waals surface area contributed by atoms with Crippen molar-refractivity contribution in [3.05, 3.63) is 41.7 Å². The maximum absolute atomic E-state index is 13.5. The Morgan fingerprint density at radius 2 is 2.00 bits per heavy atom. The molecule has 0 aliphatic carbocycles. The van der Waals surface area contributed by atoms with Crippen LogP contribution in [0.25, 0.3) is 0 Å². The van der Waals surface area contributed by atoms with Crippen molar-refractivity contribution in [3.63, 3.8) is 0 Å². The first-order chi connectivity index (χ1) is 8.60. The molecule has 0 amide bonds. The number of ether oxygens (including phenoxy) is 2. The topological polar surface area (TPSA) is 57.4 Å². The van der Waals surface area contributed by atoms with Gasteiger partial charge in [-0.1, -0.05) is 6.07 Å². The molecule has 1 aromatic heterocycles. The predicted octanol–water partition coefficient (Wildman–Crippen LogP) is 2.91. The van der Waals surface area contributed by atoms with Gasteiger partial charge in [0.05, 0.1) is 12.8 Å². The summed E-state index contributed by atoms with van der Waals surface area (Å²) in [5, 5.41) is 0. The molecule has 4 nitrogen and oxygen atoms in total. The van der Waals surface area contributed by atoms with Crippen LogP contribution in [0.4, 0.5) is 10.1 Å². The average molecular weight is 248 g/mol. The fraction of sp³-hybridized carbons (Fsp3) is 0.154. The lowest BCUT2D eigenvalue weighted by atomic mass is 10.2. The van der Waals surface area contributed by atoms with Gasteiger partial charge in [-0.05, 0) is 30.7 Å². The number of nitrogens with two attached hydrogens (primary N) is 1. The first kappa shape index (κ1) is 12.2. The monoisotopic (exact) mass is 248 g/mol. The van der Waals surface area contributed by atoms with Crippen molar-refractivity contribution < 1.29 is 13.9 Å². The number of nitrogens with zero attached hydrogens (tertiary/aromatic N) is 1. The van der Waals surface area contributed by atoms with Crippen LogP contribution in [0.1, 0.15) is 5.56 Å². The number of benzene rings is 1. The molecule has 94 valence electrons. The lowest BCUT2D eigenvalue weighted by molar-refractivity contribution is 0.380. The van der Waals surface area contributed by atoms with Crippen molar-refractivity contribution in [2.24, 2.45) is 0 Å². The zero-order valence-corrected chi connectivity index (χ0v) is 10.1. The maximum Gasteiger partial charge on any atom is 0.240 e. The normalized spacial score (nSPS) is 10.2. The van der Waals surface area contributed by atoms with Crippen molar-refractivity contribution >= 4 is 5.69 Å². The van der Waals surface area contributed by atoms with Crippen molar-refractivity contribution in [2.45, 2.75) is 6.92 Å². The third-order valence-corrected chi connectivity index (χ3v) is 2.36. The Kier molecular flexibility index (Phi) is 3.32. The van der Waals surface area contributed by atoms with Gasteiger partial charge in [0.1, 0.15) is 0 Å². The Hall–Kier alpha value is -2.30. The van der Waals surface area contributed by atoms with E-state index < -0.39 is 5.82 Å². The highest BCUT2D eigenvalue weighted by Crippen LogP contribution is 2.27. The summed E-state index contributed by atoms with van der Waals surface area (Å²) in [7, 11) is 1.45. The van der Waals surface area contributed by atoms with Gasteiger partial charge in [0.15, 0.2) is 11.6 Å². The minimum absolute atomic E-state index is 0.120. The quantitative estimate of drug-likeness (QED) is 0.907. The number of nitrogen functional groups attached to an aromatic ring is 1. The summed E-state index contributed by atoms with van der Waals surface area (Å²) in [4.78, 5) is 4.02. The van der Waals surface area contributed by atoms with Gasteiger partial charge >= 0.3 is 0 Å². The van der Waals surface area contributed by atoms with Crippen LogP contribution in [0.2, 0.25) is 0 Å². The minimum atomic E-state index is -0.446. The van der Waals surface area contributed by atoms with E-state index in [4.69, 9.17) is 15.2 Å². The number of hydrogen-bond donors (Lipinski definition) is 1. The first-order valence-electron chi connectivity index (χ1n) is 5.34. The molecule has 18 heavy (non-hydrogen) atoms. The highest BCUT2D eigenvalue weighted by molar-refractivity contribution is 5.49. The Morgan fingerprint density at radius 3 is 2.72 bits per heavy atom. The zero-order chi connectivity index (χ0) is 13.1. The molecule has 2 aromatic rings. The Morgan fingerprint density at radius 1 is 1.22 bits per heavy atom. The molecule has 0 atom stereocenters.